The second-order valence-corrected chi connectivity index (χ2v) is 7.70. The van der Waals surface area contributed by atoms with E-state index < -0.39 is 62.2 Å². The molecule has 2 aliphatic heterocycles. The molecule has 1 fully saturated rings. The molecule has 0 spiro atoms. The first-order valence-electron chi connectivity index (χ1n) is 16.0. The summed E-state index contributed by atoms with van der Waals surface area (Å²) in [6, 6.07) is 4.61. The highest BCUT2D eigenvalue weighted by molar-refractivity contribution is 6.08. The van der Waals surface area contributed by atoms with Crippen LogP contribution in [0.15, 0.2) is 55.4 Å². The molecule has 1 aromatic carbocycles. The van der Waals surface area contributed by atoms with Crippen LogP contribution in [-0.4, -0.2) is 61.6 Å². The van der Waals surface area contributed by atoms with Crippen LogP contribution in [0.2, 0.25) is 0 Å². The number of hydrogen-bond donors (Lipinski definition) is 0. The van der Waals surface area contributed by atoms with Gasteiger partial charge in [-0.2, -0.15) is 5.10 Å². The van der Waals surface area contributed by atoms with Crippen molar-refractivity contribution in [2.75, 3.05) is 35.8 Å². The molecule has 5 heterocycles. The Morgan fingerprint density at radius 1 is 1.06 bits per heavy atom. The lowest BCUT2D eigenvalue weighted by atomic mass is 10.1. The Bertz CT molecular complexity index is 1970. The lowest BCUT2D eigenvalue weighted by Crippen LogP contribution is -2.51. The van der Waals surface area contributed by atoms with Gasteiger partial charge in [0.1, 0.15) is 5.82 Å². The van der Waals surface area contributed by atoms with E-state index in [2.05, 4.69) is 25.1 Å². The molecule has 6 rings (SSSR count). The van der Waals surface area contributed by atoms with E-state index in [0.29, 0.717) is 5.56 Å². The van der Waals surface area contributed by atoms with Gasteiger partial charge in [-0.1, -0.05) is 4.36 Å². The molecular weight excluding hydrogens is 461 g/mol. The summed E-state index contributed by atoms with van der Waals surface area (Å²) in [7, 11) is 0. The zero-order chi connectivity index (χ0) is 34.3. The molecule has 1 atom stereocenters. The zero-order valence-electron chi connectivity index (χ0n) is 29.2. The topological polar surface area (TPSA) is 98.8 Å². The third kappa shape index (κ3) is 4.08. The summed E-state index contributed by atoms with van der Waals surface area (Å²) >= 11 is 0. The van der Waals surface area contributed by atoms with Gasteiger partial charge in [-0.25, -0.2) is 19.3 Å². The second kappa shape index (κ2) is 8.91. The Kier molecular flexibility index (Phi) is 3.21. The van der Waals surface area contributed by atoms with Crippen molar-refractivity contribution >= 4 is 23.6 Å². The molecule has 0 N–H and O–H groups in total. The number of nitrogens with zero attached hydrogens (tertiary/aromatic N) is 9. The number of fused-ring (bicyclic) bond motifs is 1. The minimum absolute atomic E-state index is 0.0214. The first-order chi connectivity index (χ1) is 21.8. The number of hydrogen-bond acceptors (Lipinski definition) is 8. The van der Waals surface area contributed by atoms with E-state index in [1.165, 1.54) is 41.2 Å². The van der Waals surface area contributed by atoms with Crippen LogP contribution in [-0.2, 0) is 6.98 Å². The number of rotatable bonds is 5. The van der Waals surface area contributed by atoms with Gasteiger partial charge in [0.2, 0.25) is 11.8 Å². The van der Waals surface area contributed by atoms with Crippen LogP contribution in [0.1, 0.15) is 42.5 Å². The average molecular weight is 496 g/mol. The predicted molar refractivity (Wildman–Crippen MR) is 128 cm³/mol. The van der Waals surface area contributed by atoms with Crippen molar-refractivity contribution in [2.45, 2.75) is 5.92 Å². The van der Waals surface area contributed by atoms with Crippen molar-refractivity contribution in [2.24, 2.45) is 6.98 Å². The summed E-state index contributed by atoms with van der Waals surface area (Å²) in [5.74, 6) is -3.12. The Morgan fingerprint density at radius 3 is 2.53 bits per heavy atom. The molecule has 0 radical (unpaired) electrons. The normalized spacial score (nSPS) is 27.4. The predicted octanol–water partition coefficient (Wildman–Crippen LogP) is 0.572. The zero-order valence-corrected chi connectivity index (χ0v) is 18.2. The van der Waals surface area contributed by atoms with Gasteiger partial charge in [-0.15, -0.1) is 0 Å². The first-order valence-corrected chi connectivity index (χ1v) is 10.5. The molecule has 0 bridgehead atoms. The number of ketones is 1. The summed E-state index contributed by atoms with van der Waals surface area (Å²) in [5.41, 5.74) is 0.371. The molecule has 0 aliphatic carbocycles. The average Bonchev–Trinajstić information content (AvgIpc) is 3.65. The number of aryl methyl sites for hydroxylation is 1. The molecule has 4 aromatic rings. The number of halogens is 1. The summed E-state index contributed by atoms with van der Waals surface area (Å²) < 4.78 is 109. The summed E-state index contributed by atoms with van der Waals surface area (Å²) in [6.07, 6.45) is 8.39. The molecule has 2 aliphatic rings. The van der Waals surface area contributed by atoms with E-state index in [9.17, 15) is 9.18 Å². The molecule has 1 unspecified atom stereocenters. The monoisotopic (exact) mass is 495 g/mol. The number of piperazine rings is 1. The van der Waals surface area contributed by atoms with Crippen molar-refractivity contribution in [3.05, 3.63) is 89.5 Å². The first kappa shape index (κ1) is 13.0. The van der Waals surface area contributed by atoms with Crippen LogP contribution >= 0.6 is 0 Å². The van der Waals surface area contributed by atoms with Gasteiger partial charge >= 0.3 is 0 Å². The second-order valence-electron chi connectivity index (χ2n) is 7.70. The van der Waals surface area contributed by atoms with Crippen LogP contribution in [0.5, 0.6) is 0 Å². The molecule has 0 saturated carbocycles. The Hall–Kier alpha value is -4.54. The van der Waals surface area contributed by atoms with Crippen molar-refractivity contribution in [1.29, 1.82) is 0 Å². The molecule has 0 amide bonds. The molecular formula is C25H23FN9O+. The maximum atomic E-state index is 13.3. The van der Waals surface area contributed by atoms with Crippen LogP contribution in [0, 0.1) is 12.0 Å². The van der Waals surface area contributed by atoms with E-state index in [1.807, 2.05) is 0 Å². The highest BCUT2D eigenvalue weighted by atomic mass is 19.1. The number of aromatic nitrogens is 7. The van der Waals surface area contributed by atoms with Crippen molar-refractivity contribution in [3.63, 3.8) is 0 Å². The fourth-order valence-electron chi connectivity index (χ4n) is 3.65. The van der Waals surface area contributed by atoms with Crippen molar-refractivity contribution in [1.82, 2.24) is 29.8 Å². The van der Waals surface area contributed by atoms with Gasteiger partial charge in [0, 0.05) is 78.0 Å². The third-order valence-electron chi connectivity index (χ3n) is 5.42. The molecule has 10 nitrogen and oxygen atoms in total. The SMILES string of the molecule is [2H]C([2H])([2H])n1cc(C2C=c3c(N4C([2H])([2H])C([2H])([2H])N(c5ncc(C(=O)c6ccc(F)cc6)cn5)C([2H])([2H])C4([2H])[2H])ncn[n+]3=C2)cn1. The highest BCUT2D eigenvalue weighted by Gasteiger charge is 2.27. The highest BCUT2D eigenvalue weighted by Crippen LogP contribution is 2.19. The minimum Gasteiger partial charge on any atom is -0.347 e. The Labute approximate surface area is 221 Å². The van der Waals surface area contributed by atoms with E-state index in [1.54, 1.807) is 0 Å². The molecule has 11 heteroatoms. The summed E-state index contributed by atoms with van der Waals surface area (Å²) in [5, 5.41) is 7.90. The van der Waals surface area contributed by atoms with Crippen LogP contribution in [0.4, 0.5) is 16.2 Å². The van der Waals surface area contributed by atoms with Crippen molar-refractivity contribution < 1.29 is 28.6 Å². The van der Waals surface area contributed by atoms with Gasteiger partial charge in [0.15, 0.2) is 18.3 Å². The summed E-state index contributed by atoms with van der Waals surface area (Å²) in [4.78, 5) is 25.1. The van der Waals surface area contributed by atoms with Crippen LogP contribution in [0.3, 0.4) is 0 Å². The van der Waals surface area contributed by atoms with Gasteiger partial charge in [0.25, 0.3) is 5.35 Å². The number of anilines is 2. The lowest BCUT2D eigenvalue weighted by molar-refractivity contribution is -0.589. The maximum Gasteiger partial charge on any atom is 0.277 e. The van der Waals surface area contributed by atoms with Crippen LogP contribution < -0.4 is 19.5 Å². The van der Waals surface area contributed by atoms with Crippen molar-refractivity contribution in [3.8, 4) is 0 Å². The largest absolute Gasteiger partial charge is 0.347 e. The minimum atomic E-state index is -3.38. The Morgan fingerprint density at radius 2 is 1.81 bits per heavy atom. The number of carbonyl (C=O) groups is 1. The van der Waals surface area contributed by atoms with Crippen LogP contribution in [0.25, 0.3) is 6.08 Å². The standard InChI is InChI=1S/C25H23FN9O/c1-32-14-20(13-30-32)18-10-22-24(29-16-31-35(22)15-18)33-6-8-34(9-7-33)25-27-11-19(12-28-25)23(36)17-2-4-21(26)5-3-17/h2-5,10-16,18H,6-9H2,1H3/q+1/i1D3,6D2,7D2,8D2,9D2. The number of benzene rings is 1. The third-order valence-corrected chi connectivity index (χ3v) is 5.42. The van der Waals surface area contributed by atoms with Gasteiger partial charge in [0.05, 0.1) is 28.6 Å². The van der Waals surface area contributed by atoms with E-state index in [-0.39, 0.29) is 26.3 Å². The van der Waals surface area contributed by atoms with Gasteiger partial charge in [-0.05, 0) is 24.3 Å². The molecule has 1 saturated heterocycles. The molecule has 3 aromatic heterocycles. The van der Waals surface area contributed by atoms with E-state index in [0.717, 1.165) is 35.5 Å². The van der Waals surface area contributed by atoms with Gasteiger partial charge < -0.3 is 9.80 Å². The fourth-order valence-corrected chi connectivity index (χ4v) is 3.65. The van der Waals surface area contributed by atoms with E-state index >= 15 is 0 Å². The quantitative estimate of drug-likeness (QED) is 0.293. The lowest BCUT2D eigenvalue weighted by Gasteiger charge is -2.34. The number of carbonyl (C=O) groups excluding carboxylic acids is 1. The summed E-state index contributed by atoms with van der Waals surface area (Å²) in [6.45, 7) is -16.0. The Balaban J connectivity index is 1.40. The molecule has 36 heavy (non-hydrogen) atoms. The fraction of sp³-hybridized carbons (Fsp3) is 0.240. The molecule has 180 valence electrons. The van der Waals surface area contributed by atoms with E-state index in [4.69, 9.17) is 15.1 Å². The maximum absolute atomic E-state index is 13.3. The van der Waals surface area contributed by atoms with Gasteiger partial charge in [-0.3, -0.25) is 9.48 Å². The smallest absolute Gasteiger partial charge is 0.277 e.